The maximum Gasteiger partial charge on any atom is 0.173 e. The van der Waals surface area contributed by atoms with E-state index in [9.17, 15) is 0 Å². The Balaban J connectivity index is 0.811. The summed E-state index contributed by atoms with van der Waals surface area (Å²) < 4.78 is 30.0. The van der Waals surface area contributed by atoms with Gasteiger partial charge in [0.15, 0.2) is 11.5 Å². The number of para-hydroxylation sites is 11. The fourth-order valence-electron chi connectivity index (χ4n) is 13.3. The van der Waals surface area contributed by atoms with E-state index in [-0.39, 0.29) is 0 Å². The van der Waals surface area contributed by atoms with Gasteiger partial charge in [-0.2, -0.15) is 0 Å². The zero-order valence-corrected chi connectivity index (χ0v) is 51.7. The summed E-state index contributed by atoms with van der Waals surface area (Å²) in [5.74, 6) is 6.68. The standard InChI is InChI=1S/C83H65N7O3/c1-3-5-25-56(4-2)50-57-54-79(92-65-30-13-8-14-31-65)80(55-78(57)91-66-46-42-63(43-47-66)87-73-37-20-15-32-68(73)69-33-16-21-38-74(69)87)93-67-48-44-64(45-49-67)90-77-41-24-19-36-72(77)86-83(90)60-52-58(81-84-70-34-17-22-39-75(70)88(81)61-26-9-6-10-27-61)51-59(53-60)82-85-71-35-18-23-40-76(71)89(82)62-28-11-7-12-29-62/h6-24,26-49,51-56H,3-5,25,50H2,1-2H3. The topological polar surface area (TPSA) is 86.1 Å². The zero-order valence-electron chi connectivity index (χ0n) is 51.7. The first-order valence-electron chi connectivity index (χ1n) is 32.1. The molecule has 12 aromatic carbocycles. The van der Waals surface area contributed by atoms with E-state index in [0.717, 1.165) is 150 Å². The molecular formula is C83H65N7O3. The lowest BCUT2D eigenvalue weighted by molar-refractivity contribution is 0.402. The van der Waals surface area contributed by atoms with Crippen LogP contribution in [0.5, 0.6) is 34.5 Å². The van der Waals surface area contributed by atoms with Crippen LogP contribution in [0.25, 0.3) is 112 Å². The van der Waals surface area contributed by atoms with Gasteiger partial charge in [0.25, 0.3) is 0 Å². The molecule has 0 spiro atoms. The van der Waals surface area contributed by atoms with E-state index < -0.39 is 0 Å². The van der Waals surface area contributed by atoms with Gasteiger partial charge in [-0.05, 0) is 176 Å². The van der Waals surface area contributed by atoms with Crippen LogP contribution in [0, 0.1) is 5.92 Å². The second-order valence-electron chi connectivity index (χ2n) is 23.8. The van der Waals surface area contributed by atoms with E-state index in [2.05, 4.69) is 244 Å². The summed E-state index contributed by atoms with van der Waals surface area (Å²) >= 11 is 0. The quantitative estimate of drug-likeness (QED) is 0.0802. The molecule has 4 heterocycles. The van der Waals surface area contributed by atoms with Crippen LogP contribution in [0.3, 0.4) is 0 Å². The Labute approximate surface area is 539 Å². The van der Waals surface area contributed by atoms with Crippen LogP contribution in [-0.4, -0.2) is 33.2 Å². The lowest BCUT2D eigenvalue weighted by Crippen LogP contribution is -2.06. The molecule has 0 saturated carbocycles. The Bertz CT molecular complexity index is 5170. The van der Waals surface area contributed by atoms with Gasteiger partial charge in [0.1, 0.15) is 40.5 Å². The maximum atomic E-state index is 7.06. The highest BCUT2D eigenvalue weighted by Gasteiger charge is 2.25. The van der Waals surface area contributed by atoms with Crippen molar-refractivity contribution >= 4 is 54.9 Å². The van der Waals surface area contributed by atoms with E-state index in [0.29, 0.717) is 28.9 Å². The molecule has 10 nitrogen and oxygen atoms in total. The summed E-state index contributed by atoms with van der Waals surface area (Å²) in [5.41, 5.74) is 15.6. The van der Waals surface area contributed by atoms with Crippen molar-refractivity contribution in [2.75, 3.05) is 0 Å². The molecule has 4 aromatic heterocycles. The van der Waals surface area contributed by atoms with Crippen molar-refractivity contribution in [3.8, 4) is 91.4 Å². The fourth-order valence-corrected chi connectivity index (χ4v) is 13.3. The molecule has 0 bridgehead atoms. The highest BCUT2D eigenvalue weighted by atomic mass is 16.5. The average Bonchev–Trinajstić information content (AvgIpc) is 2.09. The minimum absolute atomic E-state index is 0.447. The number of benzene rings is 12. The molecular weight excluding hydrogens is 1140 g/mol. The van der Waals surface area contributed by atoms with Gasteiger partial charge in [-0.3, -0.25) is 13.7 Å². The van der Waals surface area contributed by atoms with Gasteiger partial charge in [-0.25, -0.2) is 15.0 Å². The summed E-state index contributed by atoms with van der Waals surface area (Å²) in [6.45, 7) is 4.55. The van der Waals surface area contributed by atoms with Crippen molar-refractivity contribution in [3.05, 3.63) is 297 Å². The third-order valence-corrected chi connectivity index (χ3v) is 17.8. The van der Waals surface area contributed by atoms with Gasteiger partial charge in [-0.15, -0.1) is 0 Å². The van der Waals surface area contributed by atoms with Crippen molar-refractivity contribution in [2.45, 2.75) is 46.0 Å². The molecule has 10 heteroatoms. The van der Waals surface area contributed by atoms with Gasteiger partial charge < -0.3 is 18.8 Å². The maximum absolute atomic E-state index is 7.06. The average molecular weight is 1210 g/mol. The second kappa shape index (κ2) is 24.6. The molecule has 16 rings (SSSR count). The van der Waals surface area contributed by atoms with Crippen LogP contribution in [-0.2, 0) is 6.42 Å². The Hall–Kier alpha value is -11.8. The van der Waals surface area contributed by atoms with Gasteiger partial charge in [-0.1, -0.05) is 167 Å². The number of rotatable bonds is 19. The van der Waals surface area contributed by atoms with E-state index >= 15 is 0 Å². The van der Waals surface area contributed by atoms with E-state index in [1.807, 2.05) is 78.9 Å². The molecule has 450 valence electrons. The summed E-state index contributed by atoms with van der Waals surface area (Å²) in [5, 5.41) is 2.44. The number of hydrogen-bond acceptors (Lipinski definition) is 6. The molecule has 0 aliphatic carbocycles. The van der Waals surface area contributed by atoms with Crippen LogP contribution in [0.15, 0.2) is 291 Å². The first-order chi connectivity index (χ1) is 46.0. The van der Waals surface area contributed by atoms with Crippen LogP contribution < -0.4 is 14.2 Å². The molecule has 0 amide bonds. The highest BCUT2D eigenvalue weighted by molar-refractivity contribution is 6.09. The van der Waals surface area contributed by atoms with Crippen molar-refractivity contribution in [2.24, 2.45) is 5.92 Å². The van der Waals surface area contributed by atoms with E-state index in [1.54, 1.807) is 0 Å². The number of fused-ring (bicyclic) bond motifs is 6. The molecule has 93 heavy (non-hydrogen) atoms. The smallest absolute Gasteiger partial charge is 0.173 e. The monoisotopic (exact) mass is 1210 g/mol. The molecule has 0 radical (unpaired) electrons. The molecule has 0 aliphatic heterocycles. The predicted octanol–water partition coefficient (Wildman–Crippen LogP) is 21.9. The number of imidazole rings is 3. The Morgan fingerprint density at radius 2 is 0.677 bits per heavy atom. The van der Waals surface area contributed by atoms with Crippen molar-refractivity contribution in [3.63, 3.8) is 0 Å². The lowest BCUT2D eigenvalue weighted by atomic mass is 9.91. The Morgan fingerprint density at radius 3 is 1.12 bits per heavy atom. The third kappa shape index (κ3) is 10.8. The minimum atomic E-state index is 0.447. The molecule has 1 atom stereocenters. The van der Waals surface area contributed by atoms with Crippen LogP contribution in [0.1, 0.15) is 45.1 Å². The SMILES string of the molecule is CCCCC(CC)Cc1cc(Oc2ccccc2)c(Oc2ccc(-n3c(-c4cc(-c5nc6ccccc6n5-c5ccccc5)cc(-c5nc6ccccc6n5-c5ccccc5)c4)nc4ccccc43)cc2)cc1Oc1ccc(-n2c3ccccc3c3ccccc32)cc1. The number of aromatic nitrogens is 7. The normalized spacial score (nSPS) is 11.9. The van der Waals surface area contributed by atoms with Crippen molar-refractivity contribution in [1.82, 2.24) is 33.2 Å². The van der Waals surface area contributed by atoms with E-state index in [4.69, 9.17) is 29.2 Å². The van der Waals surface area contributed by atoms with Crippen molar-refractivity contribution < 1.29 is 14.2 Å². The van der Waals surface area contributed by atoms with Crippen molar-refractivity contribution in [1.29, 1.82) is 0 Å². The van der Waals surface area contributed by atoms with Gasteiger partial charge >= 0.3 is 0 Å². The van der Waals surface area contributed by atoms with Gasteiger partial charge in [0.2, 0.25) is 0 Å². The first kappa shape index (κ1) is 56.5. The number of hydrogen-bond donors (Lipinski definition) is 0. The minimum Gasteiger partial charge on any atom is -0.457 e. The van der Waals surface area contributed by atoms with Gasteiger partial charge in [0, 0.05) is 56.3 Å². The Kier molecular flexibility index (Phi) is 14.9. The van der Waals surface area contributed by atoms with Crippen LogP contribution >= 0.6 is 0 Å². The third-order valence-electron chi connectivity index (χ3n) is 17.8. The summed E-state index contributed by atoms with van der Waals surface area (Å²) in [6.07, 6.45) is 5.27. The molecule has 0 N–H and O–H groups in total. The number of nitrogens with zero attached hydrogens (tertiary/aromatic N) is 7. The number of ether oxygens (including phenoxy) is 3. The van der Waals surface area contributed by atoms with Gasteiger partial charge in [0.05, 0.1) is 44.1 Å². The Morgan fingerprint density at radius 1 is 0.323 bits per heavy atom. The molecule has 1 unspecified atom stereocenters. The molecule has 0 fully saturated rings. The summed E-state index contributed by atoms with van der Waals surface area (Å²) in [7, 11) is 0. The summed E-state index contributed by atoms with van der Waals surface area (Å²) in [4.78, 5) is 16.3. The number of unbranched alkanes of at least 4 members (excludes halogenated alkanes) is 1. The lowest BCUT2D eigenvalue weighted by Gasteiger charge is -2.21. The predicted molar refractivity (Wildman–Crippen MR) is 378 cm³/mol. The van der Waals surface area contributed by atoms with E-state index in [1.165, 1.54) is 10.8 Å². The largest absolute Gasteiger partial charge is 0.457 e. The first-order valence-corrected chi connectivity index (χ1v) is 32.1. The fraction of sp³-hybridized carbons (Fsp3) is 0.0964. The molecule has 16 aromatic rings. The zero-order chi connectivity index (χ0) is 62.2. The van der Waals surface area contributed by atoms with Crippen LogP contribution in [0.4, 0.5) is 0 Å². The van der Waals surface area contributed by atoms with Crippen LogP contribution in [0.2, 0.25) is 0 Å². The highest BCUT2D eigenvalue weighted by Crippen LogP contribution is 2.45. The summed E-state index contributed by atoms with van der Waals surface area (Å²) in [6, 6.07) is 100. The molecule has 0 aliphatic rings. The molecule has 0 saturated heterocycles. The second-order valence-corrected chi connectivity index (χ2v) is 23.8.